The van der Waals surface area contributed by atoms with Gasteiger partial charge in [0.05, 0.1) is 21.7 Å². The van der Waals surface area contributed by atoms with Crippen molar-refractivity contribution in [1.82, 2.24) is 9.97 Å². The Hall–Kier alpha value is -2.12. The highest BCUT2D eigenvalue weighted by Crippen LogP contribution is 2.41. The van der Waals surface area contributed by atoms with Gasteiger partial charge in [0.1, 0.15) is 10.8 Å². The monoisotopic (exact) mass is 313 g/mol. The van der Waals surface area contributed by atoms with E-state index in [-0.39, 0.29) is 38.6 Å². The molecule has 0 spiro atoms. The summed E-state index contributed by atoms with van der Waals surface area (Å²) in [4.78, 5) is 18.3. The number of nitro benzene ring substituents is 1. The van der Waals surface area contributed by atoms with Crippen LogP contribution in [0.15, 0.2) is 12.1 Å². The molecule has 0 bridgehead atoms. The van der Waals surface area contributed by atoms with Gasteiger partial charge >= 0.3 is 0 Å². The summed E-state index contributed by atoms with van der Waals surface area (Å²) in [5.74, 6) is 0.0101. The highest BCUT2D eigenvalue weighted by atomic mass is 35.5. The van der Waals surface area contributed by atoms with Crippen LogP contribution in [0, 0.1) is 17.0 Å². The van der Waals surface area contributed by atoms with Crippen LogP contribution in [0.5, 0.6) is 0 Å². The van der Waals surface area contributed by atoms with Gasteiger partial charge in [0.2, 0.25) is 5.95 Å². The lowest BCUT2D eigenvalue weighted by Gasteiger charge is -2.10. The fourth-order valence-corrected chi connectivity index (χ4v) is 2.45. The molecular weight excluding hydrogens is 305 g/mol. The van der Waals surface area contributed by atoms with Gasteiger partial charge in [-0.1, -0.05) is 23.2 Å². The SMILES string of the molecule is Cc1nc(N)nc(N)c1-c1cc(Cl)cc(Cl)c1[N+](=O)[O-]. The Labute approximate surface area is 123 Å². The molecule has 20 heavy (non-hydrogen) atoms. The van der Waals surface area contributed by atoms with Crippen molar-refractivity contribution >= 4 is 40.7 Å². The van der Waals surface area contributed by atoms with Gasteiger partial charge < -0.3 is 11.5 Å². The summed E-state index contributed by atoms with van der Waals surface area (Å²) in [6.45, 7) is 1.61. The van der Waals surface area contributed by atoms with E-state index in [2.05, 4.69) is 9.97 Å². The van der Waals surface area contributed by atoms with Crippen LogP contribution in [0.1, 0.15) is 5.69 Å². The lowest BCUT2D eigenvalue weighted by molar-refractivity contribution is -0.384. The lowest BCUT2D eigenvalue weighted by Crippen LogP contribution is -2.05. The molecule has 0 fully saturated rings. The average Bonchev–Trinajstić information content (AvgIpc) is 2.25. The van der Waals surface area contributed by atoms with Gasteiger partial charge in [0.25, 0.3) is 5.69 Å². The van der Waals surface area contributed by atoms with Crippen molar-refractivity contribution in [3.05, 3.63) is 38.0 Å². The van der Waals surface area contributed by atoms with E-state index in [4.69, 9.17) is 34.7 Å². The number of anilines is 2. The Morgan fingerprint density at radius 3 is 2.45 bits per heavy atom. The Balaban J connectivity index is 2.86. The first-order chi connectivity index (χ1) is 9.31. The van der Waals surface area contributed by atoms with Crippen LogP contribution >= 0.6 is 23.2 Å². The average molecular weight is 314 g/mol. The third kappa shape index (κ3) is 2.45. The molecule has 0 saturated carbocycles. The van der Waals surface area contributed by atoms with Gasteiger partial charge in [0.15, 0.2) is 0 Å². The van der Waals surface area contributed by atoms with Crippen molar-refractivity contribution in [3.8, 4) is 11.1 Å². The topological polar surface area (TPSA) is 121 Å². The Morgan fingerprint density at radius 2 is 1.90 bits per heavy atom. The summed E-state index contributed by atoms with van der Waals surface area (Å²) in [6.07, 6.45) is 0. The molecule has 104 valence electrons. The highest BCUT2D eigenvalue weighted by molar-refractivity contribution is 6.36. The number of nitrogens with zero attached hydrogens (tertiary/aromatic N) is 3. The molecule has 1 aromatic heterocycles. The standard InChI is InChI=1S/C11H9Cl2N5O2/c1-4-8(10(14)17-11(15)16-4)6-2-5(12)3-7(13)9(6)18(19)20/h2-3H,1H3,(H4,14,15,16,17). The molecule has 0 unspecified atom stereocenters. The van der Waals surface area contributed by atoms with E-state index in [0.717, 1.165) is 0 Å². The predicted octanol–water partition coefficient (Wildman–Crippen LogP) is 2.83. The van der Waals surface area contributed by atoms with Crippen LogP contribution in [0.3, 0.4) is 0 Å². The summed E-state index contributed by atoms with van der Waals surface area (Å²) in [6, 6.07) is 2.68. The maximum Gasteiger partial charge on any atom is 0.295 e. The van der Waals surface area contributed by atoms with Crippen molar-refractivity contribution in [3.63, 3.8) is 0 Å². The molecule has 2 aromatic rings. The quantitative estimate of drug-likeness (QED) is 0.649. The number of aryl methyl sites for hydroxylation is 1. The second-order valence-electron chi connectivity index (χ2n) is 3.97. The van der Waals surface area contributed by atoms with E-state index in [9.17, 15) is 10.1 Å². The first-order valence-corrected chi connectivity index (χ1v) is 6.10. The Bertz CT molecular complexity index is 697. The van der Waals surface area contributed by atoms with E-state index in [1.54, 1.807) is 6.92 Å². The summed E-state index contributed by atoms with van der Waals surface area (Å²) in [5.41, 5.74) is 11.8. The second-order valence-corrected chi connectivity index (χ2v) is 4.81. The largest absolute Gasteiger partial charge is 0.383 e. The number of benzene rings is 1. The van der Waals surface area contributed by atoms with Crippen molar-refractivity contribution in [2.24, 2.45) is 0 Å². The normalized spacial score (nSPS) is 10.6. The minimum absolute atomic E-state index is 0.0143. The van der Waals surface area contributed by atoms with Gasteiger partial charge in [-0.25, -0.2) is 4.98 Å². The second kappa shape index (κ2) is 5.10. The van der Waals surface area contributed by atoms with Crippen LogP contribution in [0.4, 0.5) is 17.5 Å². The van der Waals surface area contributed by atoms with E-state index in [0.29, 0.717) is 5.69 Å². The molecule has 2 rings (SSSR count). The Morgan fingerprint density at radius 1 is 1.25 bits per heavy atom. The molecule has 0 amide bonds. The first kappa shape index (κ1) is 14.3. The van der Waals surface area contributed by atoms with Crippen LogP contribution in [0.2, 0.25) is 10.0 Å². The highest BCUT2D eigenvalue weighted by Gasteiger charge is 2.25. The molecule has 0 aliphatic carbocycles. The molecule has 1 heterocycles. The zero-order valence-electron chi connectivity index (χ0n) is 10.2. The van der Waals surface area contributed by atoms with Gasteiger partial charge in [-0.05, 0) is 19.1 Å². The maximum absolute atomic E-state index is 11.2. The molecule has 0 aliphatic heterocycles. The smallest absolute Gasteiger partial charge is 0.295 e. The number of hydrogen-bond acceptors (Lipinski definition) is 6. The van der Waals surface area contributed by atoms with E-state index in [1.807, 2.05) is 0 Å². The van der Waals surface area contributed by atoms with Crippen molar-refractivity contribution in [2.75, 3.05) is 11.5 Å². The van der Waals surface area contributed by atoms with Crippen molar-refractivity contribution < 1.29 is 4.92 Å². The van der Waals surface area contributed by atoms with E-state index >= 15 is 0 Å². The number of rotatable bonds is 2. The molecule has 1 aromatic carbocycles. The first-order valence-electron chi connectivity index (χ1n) is 5.34. The molecule has 4 N–H and O–H groups in total. The summed E-state index contributed by atoms with van der Waals surface area (Å²) in [5, 5.41) is 11.3. The fourth-order valence-electron chi connectivity index (χ4n) is 1.89. The third-order valence-corrected chi connectivity index (χ3v) is 3.12. The molecule has 0 radical (unpaired) electrons. The van der Waals surface area contributed by atoms with E-state index in [1.165, 1.54) is 12.1 Å². The Kier molecular flexibility index (Phi) is 3.65. The molecular formula is C11H9Cl2N5O2. The van der Waals surface area contributed by atoms with Crippen LogP contribution in [0.25, 0.3) is 11.1 Å². The summed E-state index contributed by atoms with van der Waals surface area (Å²) in [7, 11) is 0. The van der Waals surface area contributed by atoms with Gasteiger partial charge in [0, 0.05) is 5.02 Å². The summed E-state index contributed by atoms with van der Waals surface area (Å²) >= 11 is 11.8. The molecule has 9 heteroatoms. The third-order valence-electron chi connectivity index (χ3n) is 2.62. The zero-order chi connectivity index (χ0) is 15.0. The van der Waals surface area contributed by atoms with Crippen molar-refractivity contribution in [2.45, 2.75) is 6.92 Å². The van der Waals surface area contributed by atoms with Crippen LogP contribution in [-0.4, -0.2) is 14.9 Å². The number of nitro groups is 1. The number of hydrogen-bond donors (Lipinski definition) is 2. The van der Waals surface area contributed by atoms with Crippen LogP contribution < -0.4 is 11.5 Å². The van der Waals surface area contributed by atoms with E-state index < -0.39 is 4.92 Å². The van der Waals surface area contributed by atoms with Gasteiger partial charge in [-0.2, -0.15) is 4.98 Å². The number of aromatic nitrogens is 2. The fraction of sp³-hybridized carbons (Fsp3) is 0.0909. The molecule has 0 aliphatic rings. The molecule has 0 saturated heterocycles. The van der Waals surface area contributed by atoms with Crippen LogP contribution in [-0.2, 0) is 0 Å². The maximum atomic E-state index is 11.2. The van der Waals surface area contributed by atoms with Gasteiger partial charge in [-0.15, -0.1) is 0 Å². The minimum atomic E-state index is -0.608. The number of halogens is 2. The predicted molar refractivity (Wildman–Crippen MR) is 77.7 cm³/mol. The zero-order valence-corrected chi connectivity index (χ0v) is 11.7. The number of nitrogens with two attached hydrogens (primary N) is 2. The number of nitrogen functional groups attached to an aromatic ring is 2. The lowest BCUT2D eigenvalue weighted by atomic mass is 10.0. The van der Waals surface area contributed by atoms with Crippen molar-refractivity contribution in [1.29, 1.82) is 0 Å². The van der Waals surface area contributed by atoms with Gasteiger partial charge in [-0.3, -0.25) is 10.1 Å². The minimum Gasteiger partial charge on any atom is -0.383 e. The summed E-state index contributed by atoms with van der Waals surface area (Å²) < 4.78 is 0. The molecule has 7 nitrogen and oxygen atoms in total. The molecule has 0 atom stereocenters.